The zero-order chi connectivity index (χ0) is 14.0. The molecule has 0 aromatic carbocycles. The van der Waals surface area contributed by atoms with Crippen LogP contribution in [0.4, 0.5) is 5.95 Å². The Morgan fingerprint density at radius 2 is 1.95 bits per heavy atom. The van der Waals surface area contributed by atoms with Crippen molar-refractivity contribution in [1.29, 1.82) is 0 Å². The number of nitrogens with one attached hydrogen (secondary N) is 1. The largest absolute Gasteiger partial charge is 0.264 e. The molecule has 0 spiro atoms. The minimum absolute atomic E-state index is 0.0191. The Kier molecular flexibility index (Phi) is 3.63. The molecule has 7 nitrogen and oxygen atoms in total. The molecule has 9 heteroatoms. The van der Waals surface area contributed by atoms with E-state index in [1.54, 1.807) is 13.8 Å². The van der Waals surface area contributed by atoms with Crippen molar-refractivity contribution in [3.8, 4) is 0 Å². The van der Waals surface area contributed by atoms with Gasteiger partial charge >= 0.3 is 0 Å². The highest BCUT2D eigenvalue weighted by Gasteiger charge is 2.17. The van der Waals surface area contributed by atoms with Gasteiger partial charge in [0, 0.05) is 6.20 Å². The third kappa shape index (κ3) is 3.15. The summed E-state index contributed by atoms with van der Waals surface area (Å²) in [6.45, 7) is 3.45. The quantitative estimate of drug-likeness (QED) is 0.859. The number of sulfonamides is 1. The average molecular weight is 300 g/mol. The molecule has 2 aromatic heterocycles. The summed E-state index contributed by atoms with van der Waals surface area (Å²) in [5.74, 6) is -0.0870. The number of anilines is 1. The molecule has 0 aliphatic carbocycles. The Labute approximate surface area is 115 Å². The first kappa shape index (κ1) is 13.6. The number of aryl methyl sites for hydroxylation is 2. The monoisotopic (exact) mass is 299 g/mol. The number of aromatic nitrogens is 4. The summed E-state index contributed by atoms with van der Waals surface area (Å²) in [5.41, 5.74) is 1.23. The summed E-state index contributed by atoms with van der Waals surface area (Å²) in [4.78, 5) is 7.69. The van der Waals surface area contributed by atoms with Gasteiger partial charge in [-0.25, -0.2) is 23.1 Å². The first-order valence-electron chi connectivity index (χ1n) is 5.21. The Balaban J connectivity index is 2.33. The smallest absolute Gasteiger partial charge is 0.246 e. The Bertz CT molecular complexity index is 720. The number of hydrogen-bond acceptors (Lipinski definition) is 6. The lowest BCUT2D eigenvalue weighted by Crippen LogP contribution is -2.16. The highest BCUT2D eigenvalue weighted by atomic mass is 35.5. The van der Waals surface area contributed by atoms with E-state index in [4.69, 9.17) is 11.6 Å². The summed E-state index contributed by atoms with van der Waals surface area (Å²) in [6, 6.07) is 2.56. The van der Waals surface area contributed by atoms with E-state index >= 15 is 0 Å². The van der Waals surface area contributed by atoms with Gasteiger partial charge < -0.3 is 0 Å². The van der Waals surface area contributed by atoms with Gasteiger partial charge in [-0.2, -0.15) is 5.10 Å². The van der Waals surface area contributed by atoms with E-state index < -0.39 is 10.0 Å². The summed E-state index contributed by atoms with van der Waals surface area (Å²) in [7, 11) is -3.80. The van der Waals surface area contributed by atoms with Crippen LogP contribution >= 0.6 is 11.6 Å². The molecule has 0 saturated heterocycles. The Morgan fingerprint density at radius 3 is 2.58 bits per heavy atom. The highest BCUT2D eigenvalue weighted by Crippen LogP contribution is 2.15. The maximum atomic E-state index is 12.0. The van der Waals surface area contributed by atoms with Crippen LogP contribution in [0.3, 0.4) is 0 Å². The van der Waals surface area contributed by atoms with Gasteiger partial charge in [-0.15, -0.1) is 5.10 Å². The van der Waals surface area contributed by atoms with Crippen molar-refractivity contribution in [3.63, 3.8) is 0 Å². The van der Waals surface area contributed by atoms with Crippen molar-refractivity contribution in [3.05, 3.63) is 34.9 Å². The van der Waals surface area contributed by atoms with Gasteiger partial charge in [0.25, 0.3) is 16.0 Å². The van der Waals surface area contributed by atoms with Crippen LogP contribution in [0, 0.1) is 13.8 Å². The van der Waals surface area contributed by atoms with E-state index in [-0.39, 0.29) is 16.0 Å². The zero-order valence-corrected chi connectivity index (χ0v) is 11.7. The van der Waals surface area contributed by atoms with Crippen LogP contribution in [-0.4, -0.2) is 28.6 Å². The van der Waals surface area contributed by atoms with Crippen LogP contribution in [0.15, 0.2) is 23.2 Å². The van der Waals surface area contributed by atoms with Crippen LogP contribution in [0.2, 0.25) is 5.15 Å². The second kappa shape index (κ2) is 5.06. The summed E-state index contributed by atoms with van der Waals surface area (Å²) >= 11 is 5.65. The maximum Gasteiger partial charge on any atom is 0.264 e. The van der Waals surface area contributed by atoms with Crippen molar-refractivity contribution in [1.82, 2.24) is 20.2 Å². The lowest BCUT2D eigenvalue weighted by Gasteiger charge is -2.07. The number of rotatable bonds is 3. The van der Waals surface area contributed by atoms with Gasteiger partial charge in [0.15, 0.2) is 0 Å². The van der Waals surface area contributed by atoms with Crippen molar-refractivity contribution >= 4 is 27.6 Å². The molecule has 2 rings (SSSR count). The van der Waals surface area contributed by atoms with Gasteiger partial charge in [0.05, 0.1) is 16.3 Å². The standard InChI is InChI=1S/C10H10ClN5O2S/c1-6-7(2)14-15-10(13-6)16-19(17,18)8-3-4-12-9(11)5-8/h3-5H,1-2H3,(H,13,15,16). The van der Waals surface area contributed by atoms with Crippen LogP contribution in [-0.2, 0) is 10.0 Å². The van der Waals surface area contributed by atoms with Crippen LogP contribution in [0.25, 0.3) is 0 Å². The topological polar surface area (TPSA) is 97.7 Å². The van der Waals surface area contributed by atoms with E-state index in [2.05, 4.69) is 24.9 Å². The van der Waals surface area contributed by atoms with Crippen LogP contribution < -0.4 is 4.72 Å². The normalized spacial score (nSPS) is 11.3. The summed E-state index contributed by atoms with van der Waals surface area (Å²) in [6.07, 6.45) is 1.30. The van der Waals surface area contributed by atoms with Gasteiger partial charge in [-0.05, 0) is 26.0 Å². The SMILES string of the molecule is Cc1nnc(NS(=O)(=O)c2ccnc(Cl)c2)nc1C. The molecule has 0 bridgehead atoms. The van der Waals surface area contributed by atoms with Crippen LogP contribution in [0.5, 0.6) is 0 Å². The van der Waals surface area contributed by atoms with Crippen molar-refractivity contribution < 1.29 is 8.42 Å². The highest BCUT2D eigenvalue weighted by molar-refractivity contribution is 7.92. The van der Waals surface area contributed by atoms with Crippen molar-refractivity contribution in [2.24, 2.45) is 0 Å². The van der Waals surface area contributed by atoms with Gasteiger partial charge in [0.1, 0.15) is 5.15 Å². The molecule has 0 aliphatic heterocycles. The summed E-state index contributed by atoms with van der Waals surface area (Å²) < 4.78 is 26.3. The molecule has 0 amide bonds. The predicted octanol–water partition coefficient (Wildman–Crippen LogP) is 1.34. The molecule has 100 valence electrons. The van der Waals surface area contributed by atoms with Crippen molar-refractivity contribution in [2.45, 2.75) is 18.7 Å². The Morgan fingerprint density at radius 1 is 1.21 bits per heavy atom. The first-order chi connectivity index (χ1) is 8.88. The third-order valence-electron chi connectivity index (χ3n) is 2.33. The maximum absolute atomic E-state index is 12.0. The molecule has 19 heavy (non-hydrogen) atoms. The Hall–Kier alpha value is -1.80. The van der Waals surface area contributed by atoms with Gasteiger partial charge in [-0.3, -0.25) is 0 Å². The molecule has 0 atom stereocenters. The van der Waals surface area contributed by atoms with Gasteiger partial charge in [-0.1, -0.05) is 11.6 Å². The number of hydrogen-bond donors (Lipinski definition) is 1. The molecule has 2 heterocycles. The van der Waals surface area contributed by atoms with E-state index in [0.29, 0.717) is 11.4 Å². The molecule has 0 aliphatic rings. The average Bonchev–Trinajstić information content (AvgIpc) is 2.33. The number of pyridine rings is 1. The molecule has 0 unspecified atom stereocenters. The minimum atomic E-state index is -3.80. The van der Waals surface area contributed by atoms with E-state index in [1.807, 2.05) is 0 Å². The molecule has 0 radical (unpaired) electrons. The zero-order valence-electron chi connectivity index (χ0n) is 10.1. The number of halogens is 1. The van der Waals surface area contributed by atoms with E-state index in [9.17, 15) is 8.42 Å². The van der Waals surface area contributed by atoms with Crippen LogP contribution in [0.1, 0.15) is 11.4 Å². The van der Waals surface area contributed by atoms with Gasteiger partial charge in [0.2, 0.25) is 0 Å². The van der Waals surface area contributed by atoms with E-state index in [1.165, 1.54) is 18.3 Å². The molecule has 0 fully saturated rings. The van der Waals surface area contributed by atoms with E-state index in [0.717, 1.165) is 0 Å². The lowest BCUT2D eigenvalue weighted by atomic mass is 10.4. The fourth-order valence-corrected chi connectivity index (χ4v) is 2.42. The third-order valence-corrected chi connectivity index (χ3v) is 3.86. The second-order valence-electron chi connectivity index (χ2n) is 3.73. The molecule has 0 saturated carbocycles. The molecular formula is C10H10ClN5O2S. The number of nitrogens with zero attached hydrogens (tertiary/aromatic N) is 4. The second-order valence-corrected chi connectivity index (χ2v) is 5.80. The summed E-state index contributed by atoms with van der Waals surface area (Å²) in [5, 5.41) is 7.55. The lowest BCUT2D eigenvalue weighted by molar-refractivity contribution is 0.600. The fraction of sp³-hybridized carbons (Fsp3) is 0.200. The molecule has 1 N–H and O–H groups in total. The first-order valence-corrected chi connectivity index (χ1v) is 7.07. The molecular weight excluding hydrogens is 290 g/mol. The molecule has 2 aromatic rings. The predicted molar refractivity (Wildman–Crippen MR) is 69.4 cm³/mol. The van der Waals surface area contributed by atoms with Crippen molar-refractivity contribution in [2.75, 3.05) is 4.72 Å². The fourth-order valence-electron chi connectivity index (χ4n) is 1.23. The minimum Gasteiger partial charge on any atom is -0.246 e.